The Labute approximate surface area is 143 Å². The van der Waals surface area contributed by atoms with E-state index in [9.17, 15) is 8.42 Å². The van der Waals surface area contributed by atoms with Crippen molar-refractivity contribution >= 4 is 16.0 Å². The summed E-state index contributed by atoms with van der Waals surface area (Å²) in [7, 11) is -3.25. The van der Waals surface area contributed by atoms with Crippen LogP contribution in [0.1, 0.15) is 61.3 Å². The van der Waals surface area contributed by atoms with Gasteiger partial charge in [0, 0.05) is 18.1 Å². The molecule has 3 N–H and O–H groups in total. The second kappa shape index (κ2) is 8.87. The van der Waals surface area contributed by atoms with Crippen LogP contribution in [0.2, 0.25) is 0 Å². The van der Waals surface area contributed by atoms with Crippen LogP contribution in [0.15, 0.2) is 4.99 Å². The van der Waals surface area contributed by atoms with Crippen molar-refractivity contribution in [1.29, 1.82) is 0 Å². The van der Waals surface area contributed by atoms with Crippen molar-refractivity contribution in [1.82, 2.24) is 15.4 Å². The predicted octanol–water partition coefficient (Wildman–Crippen LogP) is 2.08. The van der Waals surface area contributed by atoms with E-state index in [1.165, 1.54) is 0 Å². The topological polar surface area (TPSA) is 82.6 Å². The minimum atomic E-state index is -3.25. The third-order valence-corrected chi connectivity index (χ3v) is 4.07. The molecule has 0 aliphatic heterocycles. The van der Waals surface area contributed by atoms with Crippen molar-refractivity contribution in [2.75, 3.05) is 19.3 Å². The molecule has 0 fully saturated rings. The third kappa shape index (κ3) is 13.3. The van der Waals surface area contributed by atoms with Crippen LogP contribution < -0.4 is 15.4 Å². The SMILES string of the molecule is CCNC(=NCC(C)(C)NS(C)(=O)=O)NC(C)CCC(C)(C)C. The van der Waals surface area contributed by atoms with Gasteiger partial charge in [-0.25, -0.2) is 13.1 Å². The molecule has 0 aliphatic rings. The van der Waals surface area contributed by atoms with Crippen LogP contribution in [-0.4, -0.2) is 45.3 Å². The maximum Gasteiger partial charge on any atom is 0.209 e. The molecule has 0 rings (SSSR count). The molecule has 1 unspecified atom stereocenters. The van der Waals surface area contributed by atoms with E-state index in [1.807, 2.05) is 20.8 Å². The molecular weight excluding hydrogens is 312 g/mol. The number of hydrogen-bond acceptors (Lipinski definition) is 3. The van der Waals surface area contributed by atoms with Gasteiger partial charge in [-0.15, -0.1) is 0 Å². The fourth-order valence-electron chi connectivity index (χ4n) is 2.09. The van der Waals surface area contributed by atoms with Gasteiger partial charge in [-0.3, -0.25) is 4.99 Å². The Kier molecular flexibility index (Phi) is 8.56. The first-order chi connectivity index (χ1) is 10.2. The number of aliphatic imine (C=N–C) groups is 1. The normalized spacial score (nSPS) is 15.4. The van der Waals surface area contributed by atoms with Gasteiger partial charge in [-0.1, -0.05) is 20.8 Å². The first-order valence-electron chi connectivity index (χ1n) is 8.28. The van der Waals surface area contributed by atoms with Gasteiger partial charge in [0.25, 0.3) is 0 Å². The van der Waals surface area contributed by atoms with Crippen LogP contribution >= 0.6 is 0 Å². The molecule has 0 aliphatic carbocycles. The highest BCUT2D eigenvalue weighted by Crippen LogP contribution is 2.21. The van der Waals surface area contributed by atoms with Crippen molar-refractivity contribution in [2.24, 2.45) is 10.4 Å². The number of nitrogens with one attached hydrogen (secondary N) is 3. The molecule has 0 bridgehead atoms. The van der Waals surface area contributed by atoms with Crippen molar-refractivity contribution in [3.8, 4) is 0 Å². The number of hydrogen-bond donors (Lipinski definition) is 3. The Morgan fingerprint density at radius 2 is 1.74 bits per heavy atom. The monoisotopic (exact) mass is 348 g/mol. The maximum atomic E-state index is 11.4. The van der Waals surface area contributed by atoms with Crippen molar-refractivity contribution < 1.29 is 8.42 Å². The van der Waals surface area contributed by atoms with Gasteiger partial charge in [0.2, 0.25) is 10.0 Å². The summed E-state index contributed by atoms with van der Waals surface area (Å²) in [6, 6.07) is 0.304. The molecule has 0 saturated heterocycles. The van der Waals surface area contributed by atoms with Crippen molar-refractivity contribution in [3.63, 3.8) is 0 Å². The number of sulfonamides is 1. The first kappa shape index (κ1) is 22.2. The standard InChI is InChI=1S/C16H36N4O2S/c1-9-17-14(19-13(2)10-11-15(3,4)5)18-12-16(6,7)20-23(8,21)22/h13,20H,9-12H2,1-8H3,(H2,17,18,19). The molecule has 0 spiro atoms. The van der Waals surface area contributed by atoms with Gasteiger partial charge in [0.05, 0.1) is 12.8 Å². The Hall–Kier alpha value is -0.820. The summed E-state index contributed by atoms with van der Waals surface area (Å²) >= 11 is 0. The van der Waals surface area contributed by atoms with E-state index in [-0.39, 0.29) is 0 Å². The maximum absolute atomic E-state index is 11.4. The molecule has 0 aromatic rings. The van der Waals surface area contributed by atoms with Crippen LogP contribution in [0, 0.1) is 5.41 Å². The highest BCUT2D eigenvalue weighted by molar-refractivity contribution is 7.88. The molecule has 0 aromatic carbocycles. The first-order valence-corrected chi connectivity index (χ1v) is 10.2. The van der Waals surface area contributed by atoms with Gasteiger partial charge < -0.3 is 10.6 Å². The second-order valence-corrected chi connectivity index (χ2v) is 9.85. The van der Waals surface area contributed by atoms with Crippen LogP contribution in [-0.2, 0) is 10.0 Å². The summed E-state index contributed by atoms with van der Waals surface area (Å²) in [6.07, 6.45) is 3.34. The second-order valence-electron chi connectivity index (χ2n) is 8.10. The van der Waals surface area contributed by atoms with E-state index in [0.717, 1.165) is 31.6 Å². The number of guanidine groups is 1. The zero-order valence-electron chi connectivity index (χ0n) is 16.1. The Morgan fingerprint density at radius 3 is 2.17 bits per heavy atom. The van der Waals surface area contributed by atoms with E-state index in [1.54, 1.807) is 0 Å². The molecule has 1 atom stereocenters. The molecule has 6 nitrogen and oxygen atoms in total. The summed E-state index contributed by atoms with van der Waals surface area (Å²) in [4.78, 5) is 4.52. The molecule has 138 valence electrons. The van der Waals surface area contributed by atoms with Gasteiger partial charge in [-0.2, -0.15) is 0 Å². The van der Waals surface area contributed by atoms with E-state index < -0.39 is 15.6 Å². The number of rotatable bonds is 8. The number of nitrogens with zero attached hydrogens (tertiary/aromatic N) is 1. The molecular formula is C16H36N4O2S. The zero-order valence-corrected chi connectivity index (χ0v) is 16.9. The van der Waals surface area contributed by atoms with Gasteiger partial charge in [-0.05, 0) is 46.0 Å². The molecule has 0 amide bonds. The molecule has 0 saturated carbocycles. The molecule has 7 heteroatoms. The zero-order chi connectivity index (χ0) is 18.3. The highest BCUT2D eigenvalue weighted by Gasteiger charge is 2.22. The quantitative estimate of drug-likeness (QED) is 0.463. The Morgan fingerprint density at radius 1 is 1.17 bits per heavy atom. The molecule has 0 heterocycles. The fourth-order valence-corrected chi connectivity index (χ4v) is 3.15. The summed E-state index contributed by atoms with van der Waals surface area (Å²) in [5.41, 5.74) is -0.308. The minimum absolute atomic E-state index is 0.304. The lowest BCUT2D eigenvalue weighted by Crippen LogP contribution is -2.47. The summed E-state index contributed by atoms with van der Waals surface area (Å²) < 4.78 is 25.4. The minimum Gasteiger partial charge on any atom is -0.357 e. The molecule has 23 heavy (non-hydrogen) atoms. The predicted molar refractivity (Wildman–Crippen MR) is 99.3 cm³/mol. The average molecular weight is 349 g/mol. The van der Waals surface area contributed by atoms with E-state index in [2.05, 4.69) is 48.0 Å². The summed E-state index contributed by atoms with van der Waals surface area (Å²) in [6.45, 7) is 15.6. The van der Waals surface area contributed by atoms with Gasteiger partial charge >= 0.3 is 0 Å². The van der Waals surface area contributed by atoms with Crippen LogP contribution in [0.3, 0.4) is 0 Å². The fraction of sp³-hybridized carbons (Fsp3) is 0.938. The van der Waals surface area contributed by atoms with Crippen LogP contribution in [0.4, 0.5) is 0 Å². The van der Waals surface area contributed by atoms with E-state index >= 15 is 0 Å². The van der Waals surface area contributed by atoms with Crippen molar-refractivity contribution in [2.45, 2.75) is 72.9 Å². The van der Waals surface area contributed by atoms with Crippen LogP contribution in [0.5, 0.6) is 0 Å². The van der Waals surface area contributed by atoms with E-state index in [0.29, 0.717) is 18.0 Å². The van der Waals surface area contributed by atoms with Gasteiger partial charge in [0.15, 0.2) is 5.96 Å². The molecule has 0 aromatic heterocycles. The lowest BCUT2D eigenvalue weighted by Gasteiger charge is -2.25. The smallest absolute Gasteiger partial charge is 0.209 e. The summed E-state index contributed by atoms with van der Waals surface area (Å²) in [5, 5.41) is 6.60. The van der Waals surface area contributed by atoms with Gasteiger partial charge in [0.1, 0.15) is 0 Å². The Balaban J connectivity index is 4.71. The highest BCUT2D eigenvalue weighted by atomic mass is 32.2. The Bertz CT molecular complexity index is 479. The van der Waals surface area contributed by atoms with Crippen molar-refractivity contribution in [3.05, 3.63) is 0 Å². The lowest BCUT2D eigenvalue weighted by molar-refractivity contribution is 0.346. The average Bonchev–Trinajstić information content (AvgIpc) is 2.30. The van der Waals surface area contributed by atoms with Crippen LogP contribution in [0.25, 0.3) is 0 Å². The lowest BCUT2D eigenvalue weighted by atomic mass is 9.89. The molecule has 0 radical (unpaired) electrons. The third-order valence-electron chi connectivity index (χ3n) is 3.15. The summed E-state index contributed by atoms with van der Waals surface area (Å²) in [5.74, 6) is 0.720. The van der Waals surface area contributed by atoms with E-state index in [4.69, 9.17) is 0 Å². The largest absolute Gasteiger partial charge is 0.357 e.